The first kappa shape index (κ1) is 21.9. The first-order valence-electron chi connectivity index (χ1n) is 9.26. The van der Waals surface area contributed by atoms with E-state index in [1.54, 1.807) is 17.6 Å². The van der Waals surface area contributed by atoms with Crippen LogP contribution in [0, 0.1) is 5.92 Å². The van der Waals surface area contributed by atoms with E-state index in [-0.39, 0.29) is 4.90 Å². The largest absolute Gasteiger partial charge is 0.497 e. The summed E-state index contributed by atoms with van der Waals surface area (Å²) in [6, 6.07) is 16.1. The molecule has 0 heterocycles. The molecule has 0 fully saturated rings. The summed E-state index contributed by atoms with van der Waals surface area (Å²) >= 11 is 0. The molecule has 7 heteroatoms. The average molecular weight is 406 g/mol. The highest BCUT2D eigenvalue weighted by atomic mass is 32.2. The predicted molar refractivity (Wildman–Crippen MR) is 107 cm³/mol. The SMILES string of the molecule is COc1ccc(S(=O)(=O)[C@H](CCCCc2ccccc2)[C@H](C)C(=O)NO)cc1. The van der Waals surface area contributed by atoms with Crippen molar-refractivity contribution in [2.75, 3.05) is 7.11 Å². The Morgan fingerprint density at radius 3 is 2.29 bits per heavy atom. The smallest absolute Gasteiger partial charge is 0.247 e. The Labute approximate surface area is 166 Å². The summed E-state index contributed by atoms with van der Waals surface area (Å²) in [5, 5.41) is 8.04. The lowest BCUT2D eigenvalue weighted by Crippen LogP contribution is -2.38. The van der Waals surface area contributed by atoms with Crippen LogP contribution in [0.15, 0.2) is 59.5 Å². The second kappa shape index (κ2) is 10.2. The van der Waals surface area contributed by atoms with E-state index in [2.05, 4.69) is 0 Å². The van der Waals surface area contributed by atoms with Crippen molar-refractivity contribution in [3.63, 3.8) is 0 Å². The molecule has 0 spiro atoms. The molecule has 28 heavy (non-hydrogen) atoms. The van der Waals surface area contributed by atoms with Crippen LogP contribution in [0.3, 0.4) is 0 Å². The summed E-state index contributed by atoms with van der Waals surface area (Å²) in [4.78, 5) is 12.1. The zero-order valence-electron chi connectivity index (χ0n) is 16.2. The van der Waals surface area contributed by atoms with Crippen molar-refractivity contribution in [3.05, 3.63) is 60.2 Å². The van der Waals surface area contributed by atoms with E-state index in [0.717, 1.165) is 12.8 Å². The monoisotopic (exact) mass is 405 g/mol. The van der Waals surface area contributed by atoms with Gasteiger partial charge in [0, 0.05) is 0 Å². The zero-order chi connectivity index (χ0) is 20.6. The van der Waals surface area contributed by atoms with Crippen LogP contribution in [0.5, 0.6) is 5.75 Å². The molecule has 0 aliphatic carbocycles. The van der Waals surface area contributed by atoms with Gasteiger partial charge in [-0.1, -0.05) is 43.7 Å². The van der Waals surface area contributed by atoms with Crippen LogP contribution >= 0.6 is 0 Å². The van der Waals surface area contributed by atoms with Crippen molar-refractivity contribution in [3.8, 4) is 5.75 Å². The number of hydrogen-bond donors (Lipinski definition) is 2. The molecule has 6 nitrogen and oxygen atoms in total. The third-order valence-electron chi connectivity index (χ3n) is 4.91. The van der Waals surface area contributed by atoms with Gasteiger partial charge in [-0.25, -0.2) is 13.9 Å². The van der Waals surface area contributed by atoms with Crippen molar-refractivity contribution in [2.24, 2.45) is 5.92 Å². The van der Waals surface area contributed by atoms with E-state index in [1.807, 2.05) is 30.3 Å². The molecule has 0 unspecified atom stereocenters. The number of methoxy groups -OCH3 is 1. The van der Waals surface area contributed by atoms with Crippen LogP contribution in [-0.2, 0) is 21.1 Å². The quantitative estimate of drug-likeness (QED) is 0.359. The Hall–Kier alpha value is -2.38. The molecule has 0 radical (unpaired) electrons. The molecular weight excluding hydrogens is 378 g/mol. The Kier molecular flexibility index (Phi) is 8.02. The lowest BCUT2D eigenvalue weighted by molar-refractivity contribution is -0.132. The zero-order valence-corrected chi connectivity index (χ0v) is 17.0. The number of carbonyl (C=O) groups excluding carboxylic acids is 1. The standard InChI is InChI=1S/C21H27NO5S/c1-16(21(23)22-24)20(11-7-6-10-17-8-4-3-5-9-17)28(25,26)19-14-12-18(27-2)13-15-19/h3-5,8-9,12-16,20,24H,6-7,10-11H2,1-2H3,(H,22,23)/t16-,20+/m0/s1. The number of ether oxygens (including phenoxy) is 1. The molecule has 2 rings (SSSR count). The second-order valence-electron chi connectivity index (χ2n) is 6.76. The Balaban J connectivity index is 2.14. The molecule has 0 aliphatic rings. The number of aryl methyl sites for hydroxylation is 1. The molecule has 1 amide bonds. The fraction of sp³-hybridized carbons (Fsp3) is 0.381. The normalized spacial score (nSPS) is 13.5. The molecule has 2 aromatic rings. The number of amides is 1. The Morgan fingerprint density at radius 1 is 1.07 bits per heavy atom. The van der Waals surface area contributed by atoms with E-state index in [9.17, 15) is 13.2 Å². The van der Waals surface area contributed by atoms with Gasteiger partial charge in [-0.3, -0.25) is 10.0 Å². The lowest BCUT2D eigenvalue weighted by Gasteiger charge is -2.23. The number of hydroxylamine groups is 1. The molecule has 2 N–H and O–H groups in total. The summed E-state index contributed by atoms with van der Waals surface area (Å²) in [7, 11) is -2.25. The summed E-state index contributed by atoms with van der Waals surface area (Å²) in [5.41, 5.74) is 2.77. The highest BCUT2D eigenvalue weighted by molar-refractivity contribution is 7.92. The second-order valence-corrected chi connectivity index (χ2v) is 8.92. The van der Waals surface area contributed by atoms with Crippen molar-refractivity contribution in [1.29, 1.82) is 0 Å². The van der Waals surface area contributed by atoms with Crippen LogP contribution in [0.25, 0.3) is 0 Å². The summed E-state index contributed by atoms with van der Waals surface area (Å²) in [5.74, 6) is -1.03. The van der Waals surface area contributed by atoms with Gasteiger partial charge in [0.15, 0.2) is 9.84 Å². The Bertz CT molecular complexity index is 850. The first-order chi connectivity index (χ1) is 13.4. The van der Waals surface area contributed by atoms with E-state index in [0.29, 0.717) is 18.6 Å². The van der Waals surface area contributed by atoms with Crippen molar-refractivity contribution >= 4 is 15.7 Å². The van der Waals surface area contributed by atoms with Crippen LogP contribution in [0.2, 0.25) is 0 Å². The number of benzene rings is 2. The Morgan fingerprint density at radius 2 is 1.71 bits per heavy atom. The lowest BCUT2D eigenvalue weighted by atomic mass is 10.00. The molecule has 0 bridgehead atoms. The molecule has 0 saturated carbocycles. The third kappa shape index (κ3) is 5.56. The minimum atomic E-state index is -3.75. The van der Waals surface area contributed by atoms with Gasteiger partial charge in [0.05, 0.1) is 23.2 Å². The third-order valence-corrected chi connectivity index (χ3v) is 7.29. The minimum absolute atomic E-state index is 0.138. The maximum Gasteiger partial charge on any atom is 0.247 e. The van der Waals surface area contributed by atoms with Gasteiger partial charge in [0.25, 0.3) is 0 Å². The number of nitrogens with one attached hydrogen (secondary N) is 1. The van der Waals surface area contributed by atoms with Gasteiger partial charge in [0.2, 0.25) is 5.91 Å². The van der Waals surface area contributed by atoms with Crippen molar-refractivity contribution in [1.82, 2.24) is 5.48 Å². The van der Waals surface area contributed by atoms with E-state index < -0.39 is 26.9 Å². The number of carbonyl (C=O) groups is 1. The fourth-order valence-corrected chi connectivity index (χ4v) is 5.21. The molecular formula is C21H27NO5S. The first-order valence-corrected chi connectivity index (χ1v) is 10.8. The van der Waals surface area contributed by atoms with Crippen molar-refractivity contribution < 1.29 is 23.2 Å². The highest BCUT2D eigenvalue weighted by Crippen LogP contribution is 2.28. The highest BCUT2D eigenvalue weighted by Gasteiger charge is 2.35. The number of hydrogen-bond acceptors (Lipinski definition) is 5. The van der Waals surface area contributed by atoms with E-state index in [1.165, 1.54) is 31.7 Å². The maximum atomic E-state index is 13.2. The summed E-state index contributed by atoms with van der Waals surface area (Å²) in [6.07, 6.45) is 2.64. The molecule has 2 aromatic carbocycles. The van der Waals surface area contributed by atoms with Gasteiger partial charge in [0.1, 0.15) is 5.75 Å². The number of rotatable bonds is 10. The molecule has 0 aromatic heterocycles. The topological polar surface area (TPSA) is 92.7 Å². The van der Waals surface area contributed by atoms with Crippen molar-refractivity contribution in [2.45, 2.75) is 42.8 Å². The van der Waals surface area contributed by atoms with Gasteiger partial charge in [-0.15, -0.1) is 0 Å². The predicted octanol–water partition coefficient (Wildman–Crippen LogP) is 3.39. The van der Waals surface area contributed by atoms with Gasteiger partial charge < -0.3 is 4.74 Å². The van der Waals surface area contributed by atoms with Gasteiger partial charge in [-0.2, -0.15) is 0 Å². The molecule has 2 atom stereocenters. The van der Waals surface area contributed by atoms with Crippen LogP contribution in [0.4, 0.5) is 0 Å². The number of sulfone groups is 1. The maximum absolute atomic E-state index is 13.2. The molecule has 0 saturated heterocycles. The van der Waals surface area contributed by atoms with Gasteiger partial charge >= 0.3 is 0 Å². The van der Waals surface area contributed by atoms with Gasteiger partial charge in [-0.05, 0) is 49.1 Å². The van der Waals surface area contributed by atoms with Crippen LogP contribution < -0.4 is 10.2 Å². The minimum Gasteiger partial charge on any atom is -0.497 e. The molecule has 152 valence electrons. The molecule has 0 aliphatic heterocycles. The summed E-state index contributed by atoms with van der Waals surface area (Å²) < 4.78 is 31.4. The van der Waals surface area contributed by atoms with E-state index >= 15 is 0 Å². The van der Waals surface area contributed by atoms with E-state index in [4.69, 9.17) is 9.94 Å². The average Bonchev–Trinajstić information content (AvgIpc) is 2.73. The summed E-state index contributed by atoms with van der Waals surface area (Å²) in [6.45, 7) is 1.52. The fourth-order valence-electron chi connectivity index (χ4n) is 3.20. The van der Waals surface area contributed by atoms with Crippen LogP contribution in [0.1, 0.15) is 31.7 Å². The number of unbranched alkanes of at least 4 members (excludes halogenated alkanes) is 1. The van der Waals surface area contributed by atoms with Crippen LogP contribution in [-0.4, -0.2) is 31.9 Å².